The zero-order valence-corrected chi connectivity index (χ0v) is 21.7. The van der Waals surface area contributed by atoms with Gasteiger partial charge in [-0.3, -0.25) is 0 Å². The average Bonchev–Trinajstić information content (AvgIpc) is 2.82. The maximum atomic E-state index is 14.8. The van der Waals surface area contributed by atoms with E-state index in [2.05, 4.69) is 11.0 Å². The van der Waals surface area contributed by atoms with Crippen molar-refractivity contribution < 1.29 is 22.6 Å². The fraction of sp³-hybridized carbons (Fsp3) is 0.652. The molecule has 0 aliphatic carbocycles. The first-order valence-electron chi connectivity index (χ1n) is 12.1. The Morgan fingerprint density at radius 3 is 2.39 bits per heavy atom. The van der Waals surface area contributed by atoms with Gasteiger partial charge in [0.1, 0.15) is 24.9 Å². The van der Waals surface area contributed by atoms with Crippen molar-refractivity contribution in [3.05, 3.63) is 34.6 Å². The van der Waals surface area contributed by atoms with Crippen LogP contribution >= 0.6 is 0 Å². The van der Waals surface area contributed by atoms with E-state index in [0.717, 1.165) is 5.01 Å². The van der Waals surface area contributed by atoms with Crippen molar-refractivity contribution >= 4 is 12.4 Å². The van der Waals surface area contributed by atoms with Gasteiger partial charge in [-0.2, -0.15) is 13.2 Å². The van der Waals surface area contributed by atoms with E-state index in [1.165, 1.54) is 9.91 Å². The minimum Gasteiger partial charge on any atom is -0.361 e. The Labute approximate surface area is 211 Å². The van der Waals surface area contributed by atoms with Crippen molar-refractivity contribution in [2.45, 2.75) is 59.4 Å². The summed E-state index contributed by atoms with van der Waals surface area (Å²) in [6.45, 7) is 6.95. The van der Waals surface area contributed by atoms with E-state index in [4.69, 9.17) is 21.2 Å². The second-order valence-corrected chi connectivity index (χ2v) is 8.96. The van der Waals surface area contributed by atoms with Crippen LogP contribution < -0.4 is 11.7 Å². The van der Waals surface area contributed by atoms with Gasteiger partial charge in [0, 0.05) is 32.4 Å². The zero-order chi connectivity index (χ0) is 27.0. The number of nitrogens with zero attached hydrogens (tertiary/aromatic N) is 5. The molecule has 1 fully saturated rings. The molecule has 0 aromatic carbocycles. The van der Waals surface area contributed by atoms with Gasteiger partial charge in [0.2, 0.25) is 0 Å². The number of ether oxygens (including phenoxy) is 2. The molecule has 36 heavy (non-hydrogen) atoms. The van der Waals surface area contributed by atoms with Crippen molar-refractivity contribution in [3.63, 3.8) is 0 Å². The number of alkyl halides is 3. The van der Waals surface area contributed by atoms with Gasteiger partial charge in [-0.15, -0.1) is 0 Å². The largest absolute Gasteiger partial charge is 0.421 e. The molecule has 2 rings (SSSR count). The number of hydrazine groups is 2. The third-order valence-electron chi connectivity index (χ3n) is 6.22. The SMILES string of the molecule is CCOCN(COCC)C1=C(C(F)(F)F)C(C2CCCB(C#N)C2)=N/C(=C(C)\C(C)=C\N(C)N)N1N. The van der Waals surface area contributed by atoms with Crippen LogP contribution in [0, 0.1) is 17.1 Å². The Hall–Kier alpha value is -2.53. The highest BCUT2D eigenvalue weighted by atomic mass is 19.4. The number of hydrogen-bond donors (Lipinski definition) is 2. The van der Waals surface area contributed by atoms with Crippen LogP contribution in [0.1, 0.15) is 40.5 Å². The van der Waals surface area contributed by atoms with Crippen molar-refractivity contribution in [1.82, 2.24) is 14.9 Å². The van der Waals surface area contributed by atoms with Gasteiger partial charge in [0.25, 0.3) is 6.71 Å². The Balaban J connectivity index is 2.83. The van der Waals surface area contributed by atoms with Crippen molar-refractivity contribution in [3.8, 4) is 5.97 Å². The van der Waals surface area contributed by atoms with E-state index in [1.807, 2.05) is 0 Å². The summed E-state index contributed by atoms with van der Waals surface area (Å²) in [5, 5.41) is 11.8. The van der Waals surface area contributed by atoms with Crippen LogP contribution in [0.15, 0.2) is 39.6 Å². The fourth-order valence-electron chi connectivity index (χ4n) is 4.40. The molecule has 0 bridgehead atoms. The van der Waals surface area contributed by atoms with Gasteiger partial charge in [0.05, 0.1) is 5.71 Å². The Morgan fingerprint density at radius 1 is 1.28 bits per heavy atom. The molecule has 0 radical (unpaired) electrons. The van der Waals surface area contributed by atoms with E-state index in [1.54, 1.807) is 40.9 Å². The first-order chi connectivity index (χ1) is 17.0. The first kappa shape index (κ1) is 29.7. The number of nitriles is 1. The van der Waals surface area contributed by atoms with Crippen LogP contribution in [-0.4, -0.2) is 67.2 Å². The second-order valence-electron chi connectivity index (χ2n) is 8.96. The van der Waals surface area contributed by atoms with Crippen LogP contribution in [0.3, 0.4) is 0 Å². The molecule has 0 aromatic heterocycles. The summed E-state index contributed by atoms with van der Waals surface area (Å²) in [5.41, 5.74) is 0.206. The van der Waals surface area contributed by atoms with Gasteiger partial charge >= 0.3 is 6.18 Å². The highest BCUT2D eigenvalue weighted by molar-refractivity contribution is 6.67. The van der Waals surface area contributed by atoms with Gasteiger partial charge in [-0.25, -0.2) is 26.9 Å². The molecule has 13 heteroatoms. The molecule has 2 heterocycles. The minimum atomic E-state index is -4.76. The van der Waals surface area contributed by atoms with Gasteiger partial charge in [-0.05, 0) is 51.2 Å². The van der Waals surface area contributed by atoms with Crippen LogP contribution in [-0.2, 0) is 9.47 Å². The lowest BCUT2D eigenvalue weighted by Gasteiger charge is -2.40. The topological polar surface area (TPSA) is 116 Å². The van der Waals surface area contributed by atoms with Crippen molar-refractivity contribution in [2.75, 3.05) is 33.7 Å². The second kappa shape index (κ2) is 13.1. The predicted molar refractivity (Wildman–Crippen MR) is 133 cm³/mol. The minimum absolute atomic E-state index is 0.111. The molecular formula is C23H37BF3N7O2. The predicted octanol–water partition coefficient (Wildman–Crippen LogP) is 3.59. The smallest absolute Gasteiger partial charge is 0.361 e. The van der Waals surface area contributed by atoms with Gasteiger partial charge in [-0.1, -0.05) is 19.1 Å². The summed E-state index contributed by atoms with van der Waals surface area (Å²) in [4.78, 5) is 5.86. The number of hydrogen-bond acceptors (Lipinski definition) is 9. The molecule has 0 aromatic rings. The lowest BCUT2D eigenvalue weighted by atomic mass is 9.40. The number of nitrogens with two attached hydrogens (primary N) is 2. The van der Waals surface area contributed by atoms with E-state index in [0.29, 0.717) is 49.8 Å². The first-order valence-corrected chi connectivity index (χ1v) is 12.1. The highest BCUT2D eigenvalue weighted by Crippen LogP contribution is 2.42. The highest BCUT2D eigenvalue weighted by Gasteiger charge is 2.48. The van der Waals surface area contributed by atoms with E-state index < -0.39 is 17.7 Å². The zero-order valence-electron chi connectivity index (χ0n) is 21.7. The van der Waals surface area contributed by atoms with Crippen LogP contribution in [0.5, 0.6) is 0 Å². The van der Waals surface area contributed by atoms with Gasteiger partial charge in [0.15, 0.2) is 5.82 Å². The number of aliphatic imine (C=N–C) groups is 1. The molecule has 9 nitrogen and oxygen atoms in total. The number of halogens is 3. The molecule has 0 amide bonds. The van der Waals surface area contributed by atoms with E-state index in [9.17, 15) is 18.4 Å². The Bertz CT molecular complexity index is 933. The summed E-state index contributed by atoms with van der Waals surface area (Å²) in [6, 6.07) is 0. The molecule has 2 aliphatic rings. The molecule has 2 aliphatic heterocycles. The van der Waals surface area contributed by atoms with E-state index in [-0.39, 0.29) is 37.5 Å². The van der Waals surface area contributed by atoms with E-state index >= 15 is 0 Å². The molecule has 4 N–H and O–H groups in total. The molecule has 0 spiro atoms. The molecule has 200 valence electrons. The maximum absolute atomic E-state index is 14.8. The van der Waals surface area contributed by atoms with Crippen LogP contribution in [0.2, 0.25) is 12.6 Å². The molecule has 0 saturated carbocycles. The van der Waals surface area contributed by atoms with Crippen LogP contribution in [0.4, 0.5) is 13.2 Å². The standard InChI is InChI=1S/C23H37BF3N7O2/c1-6-35-14-33(15-36-7-2)22-19(23(25,26)27)20(18-9-8-10-24(11-18)13-28)31-21(34(22)30)17(4)16(3)12-32(5)29/h12,18H,6-11,14-15,29-30H2,1-5H3/b16-12+,21-17+. The quantitative estimate of drug-likeness (QED) is 0.198. The van der Waals surface area contributed by atoms with Crippen LogP contribution in [0.25, 0.3) is 0 Å². The summed E-state index contributed by atoms with van der Waals surface area (Å²) >= 11 is 0. The summed E-state index contributed by atoms with van der Waals surface area (Å²) in [6.07, 6.45) is -1.02. The normalized spacial score (nSPS) is 20.9. The van der Waals surface area contributed by atoms with Gasteiger partial charge < -0.3 is 19.4 Å². The Kier molecular flexibility index (Phi) is 10.8. The average molecular weight is 511 g/mol. The summed E-state index contributed by atoms with van der Waals surface area (Å²) in [5.74, 6) is 13.7. The monoisotopic (exact) mass is 511 g/mol. The fourth-order valence-corrected chi connectivity index (χ4v) is 4.40. The third kappa shape index (κ3) is 7.26. The Morgan fingerprint density at radius 2 is 1.89 bits per heavy atom. The summed E-state index contributed by atoms with van der Waals surface area (Å²) in [7, 11) is 1.64. The maximum Gasteiger partial charge on any atom is 0.421 e. The lowest BCUT2D eigenvalue weighted by molar-refractivity contribution is -0.0952. The van der Waals surface area contributed by atoms with Crippen molar-refractivity contribution in [1.29, 1.82) is 5.26 Å². The molecule has 1 saturated heterocycles. The lowest BCUT2D eigenvalue weighted by Crippen LogP contribution is -2.48. The molecule has 1 atom stereocenters. The molecule has 1 unspecified atom stereocenters. The molecular weight excluding hydrogens is 474 g/mol. The number of rotatable bonds is 10. The number of allylic oxidation sites excluding steroid dienone is 3. The third-order valence-corrected chi connectivity index (χ3v) is 6.22. The van der Waals surface area contributed by atoms with Crippen molar-refractivity contribution in [2.24, 2.45) is 22.6 Å². The summed E-state index contributed by atoms with van der Waals surface area (Å²) < 4.78 is 55.3.